The van der Waals surface area contributed by atoms with Gasteiger partial charge in [-0.15, -0.1) is 0 Å². The number of hydrogen-bond acceptors (Lipinski definition) is 3. The smallest absolute Gasteiger partial charge is 0.387 e. The molecule has 2 aliphatic rings. The molecule has 2 heterocycles. The largest absolute Gasteiger partial charge is 0.435 e. The lowest BCUT2D eigenvalue weighted by molar-refractivity contribution is -0.0947. The monoisotopic (exact) mass is 387 g/mol. The fourth-order valence-electron chi connectivity index (χ4n) is 5.03. The Balaban J connectivity index is 1.47. The van der Waals surface area contributed by atoms with Crippen molar-refractivity contribution < 1.29 is 18.6 Å². The van der Waals surface area contributed by atoms with Crippen LogP contribution in [0.25, 0.3) is 0 Å². The van der Waals surface area contributed by atoms with Gasteiger partial charge in [0.15, 0.2) is 0 Å². The maximum absolute atomic E-state index is 12.5. The first-order chi connectivity index (χ1) is 13.5. The van der Waals surface area contributed by atoms with Crippen LogP contribution in [0.2, 0.25) is 0 Å². The van der Waals surface area contributed by atoms with Gasteiger partial charge in [-0.25, -0.2) is 0 Å². The van der Waals surface area contributed by atoms with Crippen molar-refractivity contribution in [1.82, 2.24) is 4.90 Å². The first kappa shape index (κ1) is 19.3. The maximum atomic E-state index is 12.5. The molecule has 2 fully saturated rings. The topological polar surface area (TPSA) is 32.7 Å². The van der Waals surface area contributed by atoms with E-state index in [1.165, 1.54) is 18.1 Å². The number of fused-ring (bicyclic) bond motifs is 2. The second kappa shape index (κ2) is 8.18. The second-order valence-electron chi connectivity index (χ2n) is 8.23. The lowest BCUT2D eigenvalue weighted by atomic mass is 9.73. The third-order valence-corrected chi connectivity index (χ3v) is 6.11. The molecule has 28 heavy (non-hydrogen) atoms. The second-order valence-corrected chi connectivity index (χ2v) is 8.23. The minimum absolute atomic E-state index is 0.151. The quantitative estimate of drug-likeness (QED) is 0.774. The Morgan fingerprint density at radius 3 is 2.36 bits per heavy atom. The summed E-state index contributed by atoms with van der Waals surface area (Å²) in [4.78, 5) is 2.56. The van der Waals surface area contributed by atoms with Crippen molar-refractivity contribution in [3.63, 3.8) is 0 Å². The summed E-state index contributed by atoms with van der Waals surface area (Å²) in [5.74, 6) is 0.151. The summed E-state index contributed by atoms with van der Waals surface area (Å²) >= 11 is 0. The molecule has 3 nitrogen and oxygen atoms in total. The Labute approximate surface area is 164 Å². The number of aliphatic hydroxyl groups is 1. The molecular weight excluding hydrogens is 360 g/mol. The number of alkyl halides is 2. The van der Waals surface area contributed by atoms with Crippen molar-refractivity contribution >= 4 is 0 Å². The van der Waals surface area contributed by atoms with Gasteiger partial charge in [-0.3, -0.25) is 4.90 Å². The Morgan fingerprint density at radius 1 is 1.00 bits per heavy atom. The SMILES string of the molecule is OC1(Cc2cccc(OC(F)F)c2)CC2CCCC(C1)N2Cc1ccccc1. The highest BCUT2D eigenvalue weighted by Crippen LogP contribution is 2.41. The fourth-order valence-corrected chi connectivity index (χ4v) is 5.03. The maximum Gasteiger partial charge on any atom is 0.387 e. The van der Waals surface area contributed by atoms with E-state index in [-0.39, 0.29) is 5.75 Å². The van der Waals surface area contributed by atoms with E-state index < -0.39 is 12.2 Å². The molecule has 0 spiro atoms. The third kappa shape index (κ3) is 4.53. The Hall–Kier alpha value is -1.98. The predicted molar refractivity (Wildman–Crippen MR) is 104 cm³/mol. The van der Waals surface area contributed by atoms with Crippen LogP contribution in [0.3, 0.4) is 0 Å². The van der Waals surface area contributed by atoms with Crippen molar-refractivity contribution in [3.8, 4) is 5.75 Å². The third-order valence-electron chi connectivity index (χ3n) is 6.11. The van der Waals surface area contributed by atoms with E-state index in [4.69, 9.17) is 0 Å². The normalized spacial score (nSPS) is 27.7. The lowest BCUT2D eigenvalue weighted by Crippen LogP contribution is -2.58. The van der Waals surface area contributed by atoms with Crippen LogP contribution in [-0.2, 0) is 13.0 Å². The fraction of sp³-hybridized carbons (Fsp3) is 0.478. The first-order valence-corrected chi connectivity index (χ1v) is 10.1. The van der Waals surface area contributed by atoms with Gasteiger partial charge in [-0.1, -0.05) is 48.9 Å². The predicted octanol–water partition coefficient (Wildman–Crippen LogP) is 4.78. The highest BCUT2D eigenvalue weighted by molar-refractivity contribution is 5.30. The Morgan fingerprint density at radius 2 is 1.68 bits per heavy atom. The molecule has 2 aromatic rings. The summed E-state index contributed by atoms with van der Waals surface area (Å²) in [7, 11) is 0. The summed E-state index contributed by atoms with van der Waals surface area (Å²) in [5, 5.41) is 11.4. The van der Waals surface area contributed by atoms with Crippen LogP contribution < -0.4 is 4.74 Å². The van der Waals surface area contributed by atoms with Crippen LogP contribution in [0.15, 0.2) is 54.6 Å². The van der Waals surface area contributed by atoms with Crippen LogP contribution in [-0.4, -0.2) is 34.3 Å². The molecule has 2 unspecified atom stereocenters. The minimum atomic E-state index is -2.83. The number of hydrogen-bond donors (Lipinski definition) is 1. The zero-order chi connectivity index (χ0) is 19.6. The molecule has 0 aliphatic carbocycles. The van der Waals surface area contributed by atoms with Crippen LogP contribution in [0.1, 0.15) is 43.2 Å². The number of rotatable bonds is 6. The summed E-state index contributed by atoms with van der Waals surface area (Å²) in [6, 6.07) is 17.9. The van der Waals surface area contributed by atoms with Gasteiger partial charge in [0.25, 0.3) is 0 Å². The minimum Gasteiger partial charge on any atom is -0.435 e. The van der Waals surface area contributed by atoms with Crippen molar-refractivity contribution in [2.45, 2.75) is 69.4 Å². The summed E-state index contributed by atoms with van der Waals surface area (Å²) in [5.41, 5.74) is 1.35. The van der Waals surface area contributed by atoms with E-state index in [9.17, 15) is 13.9 Å². The highest BCUT2D eigenvalue weighted by Gasteiger charge is 2.45. The lowest BCUT2D eigenvalue weighted by Gasteiger charge is -2.52. The highest BCUT2D eigenvalue weighted by atomic mass is 19.3. The van der Waals surface area contributed by atoms with Crippen LogP contribution >= 0.6 is 0 Å². The molecular formula is C23H27F2NO2. The summed E-state index contributed by atoms with van der Waals surface area (Å²) < 4.78 is 29.5. The zero-order valence-corrected chi connectivity index (χ0v) is 15.9. The van der Waals surface area contributed by atoms with Gasteiger partial charge in [-0.2, -0.15) is 8.78 Å². The van der Waals surface area contributed by atoms with E-state index >= 15 is 0 Å². The van der Waals surface area contributed by atoms with Crippen LogP contribution in [0.4, 0.5) is 8.78 Å². The molecule has 2 atom stereocenters. The molecule has 2 aromatic carbocycles. The van der Waals surface area contributed by atoms with Crippen LogP contribution in [0.5, 0.6) is 5.75 Å². The molecule has 150 valence electrons. The first-order valence-electron chi connectivity index (χ1n) is 10.1. The van der Waals surface area contributed by atoms with Crippen molar-refractivity contribution in [3.05, 3.63) is 65.7 Å². The average Bonchev–Trinajstić information content (AvgIpc) is 2.63. The van der Waals surface area contributed by atoms with Gasteiger partial charge in [0.2, 0.25) is 0 Å². The molecule has 0 saturated carbocycles. The number of piperidine rings is 2. The van der Waals surface area contributed by atoms with Crippen LogP contribution in [0, 0.1) is 0 Å². The molecule has 2 bridgehead atoms. The molecule has 0 amide bonds. The summed E-state index contributed by atoms with van der Waals surface area (Å²) in [6.45, 7) is -1.91. The van der Waals surface area contributed by atoms with Crippen molar-refractivity contribution in [2.24, 2.45) is 0 Å². The molecule has 2 saturated heterocycles. The molecule has 0 radical (unpaired) electrons. The number of benzene rings is 2. The van der Waals surface area contributed by atoms with E-state index in [0.29, 0.717) is 18.5 Å². The molecule has 2 aliphatic heterocycles. The van der Waals surface area contributed by atoms with E-state index in [1.54, 1.807) is 12.1 Å². The van der Waals surface area contributed by atoms with Crippen molar-refractivity contribution in [2.75, 3.05) is 0 Å². The number of nitrogens with zero attached hydrogens (tertiary/aromatic N) is 1. The zero-order valence-electron chi connectivity index (χ0n) is 15.9. The van der Waals surface area contributed by atoms with E-state index in [0.717, 1.165) is 37.8 Å². The molecule has 0 aromatic heterocycles. The van der Waals surface area contributed by atoms with Gasteiger partial charge < -0.3 is 9.84 Å². The number of halogens is 2. The van der Waals surface area contributed by atoms with E-state index in [2.05, 4.69) is 33.9 Å². The van der Waals surface area contributed by atoms with Crippen molar-refractivity contribution in [1.29, 1.82) is 0 Å². The Kier molecular flexibility index (Phi) is 5.65. The van der Waals surface area contributed by atoms with Gasteiger partial charge >= 0.3 is 6.61 Å². The number of ether oxygens (including phenoxy) is 1. The average molecular weight is 387 g/mol. The molecule has 4 rings (SSSR count). The molecule has 5 heteroatoms. The Bertz CT molecular complexity index is 769. The standard InChI is InChI=1S/C23H27F2NO2/c24-22(25)28-21-11-4-8-18(12-21)13-23(27)14-19-9-5-10-20(15-23)26(19)16-17-6-2-1-3-7-17/h1-4,6-8,11-12,19-20,22,27H,5,9-10,13-16H2. The van der Waals surface area contributed by atoms with Gasteiger partial charge in [-0.05, 0) is 48.9 Å². The van der Waals surface area contributed by atoms with Gasteiger partial charge in [0.05, 0.1) is 5.60 Å². The van der Waals surface area contributed by atoms with Gasteiger partial charge in [0, 0.05) is 25.0 Å². The summed E-state index contributed by atoms with van der Waals surface area (Å²) in [6.07, 6.45) is 5.31. The molecule has 1 N–H and O–H groups in total. The van der Waals surface area contributed by atoms with E-state index in [1.807, 2.05) is 12.1 Å². The van der Waals surface area contributed by atoms with Gasteiger partial charge in [0.1, 0.15) is 5.75 Å².